The highest BCUT2D eigenvalue weighted by Crippen LogP contribution is 2.39. The highest BCUT2D eigenvalue weighted by atomic mass is 15.2. The number of nitrogens with one attached hydrogen (secondary N) is 1. The molecular weight excluding hydrogens is 250 g/mol. The molecule has 1 saturated carbocycles. The lowest BCUT2D eigenvalue weighted by atomic mass is 10.2. The fraction of sp³-hybridized carbons (Fsp3) is 0.533. The van der Waals surface area contributed by atoms with Gasteiger partial charge in [0.2, 0.25) is 0 Å². The molecule has 1 aliphatic carbocycles. The van der Waals surface area contributed by atoms with E-state index in [0.717, 1.165) is 41.7 Å². The molecule has 0 amide bonds. The first-order valence-electron chi connectivity index (χ1n) is 7.33. The topological polar surface area (TPSA) is 55.6 Å². The fourth-order valence-electron chi connectivity index (χ4n) is 2.46. The summed E-state index contributed by atoms with van der Waals surface area (Å²) in [6.07, 6.45) is 8.30. The van der Waals surface area contributed by atoms with E-state index >= 15 is 0 Å². The molecule has 5 heteroatoms. The third-order valence-electron chi connectivity index (χ3n) is 3.74. The average Bonchev–Trinajstić information content (AvgIpc) is 3.20. The van der Waals surface area contributed by atoms with E-state index in [1.165, 1.54) is 12.8 Å². The van der Waals surface area contributed by atoms with Crippen LogP contribution in [-0.2, 0) is 6.42 Å². The van der Waals surface area contributed by atoms with Crippen LogP contribution < -0.4 is 5.32 Å². The van der Waals surface area contributed by atoms with E-state index in [1.807, 2.05) is 19.4 Å². The van der Waals surface area contributed by atoms with Crippen molar-refractivity contribution in [3.63, 3.8) is 0 Å². The Labute approximate surface area is 119 Å². The summed E-state index contributed by atoms with van der Waals surface area (Å²) in [6.45, 7) is 4.23. The van der Waals surface area contributed by atoms with Crippen molar-refractivity contribution >= 4 is 5.82 Å². The highest BCUT2D eigenvalue weighted by Gasteiger charge is 2.28. The molecule has 2 aromatic heterocycles. The lowest BCUT2D eigenvalue weighted by Crippen LogP contribution is -2.10. The normalized spacial score (nSPS) is 14.6. The first-order valence-corrected chi connectivity index (χ1v) is 7.33. The van der Waals surface area contributed by atoms with Gasteiger partial charge in [-0.1, -0.05) is 6.92 Å². The molecule has 5 nitrogen and oxygen atoms in total. The van der Waals surface area contributed by atoms with Crippen LogP contribution in [0.3, 0.4) is 0 Å². The SMILES string of the molecule is CCCc1nccn1-c1nc(C2CC2)nc(NC)c1C. The van der Waals surface area contributed by atoms with E-state index < -0.39 is 0 Å². The van der Waals surface area contributed by atoms with Gasteiger partial charge in [0.1, 0.15) is 23.3 Å². The molecule has 0 aromatic carbocycles. The number of aromatic nitrogens is 4. The van der Waals surface area contributed by atoms with Crippen LogP contribution in [0.15, 0.2) is 12.4 Å². The standard InChI is InChI=1S/C15H21N5/c1-4-5-12-17-8-9-20(12)15-10(2)13(16-3)18-14(19-15)11-6-7-11/h8-9,11H,4-7H2,1-3H3,(H,16,18,19). The van der Waals surface area contributed by atoms with E-state index in [2.05, 4.69) is 33.7 Å². The summed E-state index contributed by atoms with van der Waals surface area (Å²) in [6, 6.07) is 0. The molecule has 20 heavy (non-hydrogen) atoms. The Hall–Kier alpha value is -1.91. The summed E-state index contributed by atoms with van der Waals surface area (Å²) in [5, 5.41) is 3.19. The second-order valence-electron chi connectivity index (χ2n) is 5.37. The van der Waals surface area contributed by atoms with E-state index in [9.17, 15) is 0 Å². The fourth-order valence-corrected chi connectivity index (χ4v) is 2.46. The van der Waals surface area contributed by atoms with E-state index in [0.29, 0.717) is 5.92 Å². The largest absolute Gasteiger partial charge is 0.373 e. The van der Waals surface area contributed by atoms with Crippen LogP contribution in [-0.4, -0.2) is 26.6 Å². The molecule has 106 valence electrons. The lowest BCUT2D eigenvalue weighted by molar-refractivity contribution is 0.781. The highest BCUT2D eigenvalue weighted by molar-refractivity contribution is 5.52. The second-order valence-corrected chi connectivity index (χ2v) is 5.37. The van der Waals surface area contributed by atoms with Gasteiger partial charge in [-0.3, -0.25) is 4.57 Å². The predicted molar refractivity (Wildman–Crippen MR) is 79.4 cm³/mol. The first kappa shape index (κ1) is 13.1. The van der Waals surface area contributed by atoms with E-state index in [4.69, 9.17) is 4.98 Å². The predicted octanol–water partition coefficient (Wildman–Crippen LogP) is 2.84. The Morgan fingerprint density at radius 1 is 1.35 bits per heavy atom. The average molecular weight is 271 g/mol. The minimum absolute atomic E-state index is 0.541. The number of rotatable bonds is 5. The first-order chi connectivity index (χ1) is 9.74. The number of hydrogen-bond donors (Lipinski definition) is 1. The molecule has 1 fully saturated rings. The maximum atomic E-state index is 4.80. The maximum Gasteiger partial charge on any atom is 0.146 e. The zero-order valence-corrected chi connectivity index (χ0v) is 12.3. The third kappa shape index (κ3) is 2.28. The minimum Gasteiger partial charge on any atom is -0.373 e. The zero-order chi connectivity index (χ0) is 14.1. The van der Waals surface area contributed by atoms with Gasteiger partial charge in [-0.25, -0.2) is 15.0 Å². The minimum atomic E-state index is 0.541. The van der Waals surface area contributed by atoms with Crippen LogP contribution in [0.2, 0.25) is 0 Å². The summed E-state index contributed by atoms with van der Waals surface area (Å²) in [5.74, 6) is 4.46. The summed E-state index contributed by atoms with van der Waals surface area (Å²) in [5.41, 5.74) is 1.08. The van der Waals surface area contributed by atoms with Gasteiger partial charge in [-0.05, 0) is 26.2 Å². The van der Waals surface area contributed by atoms with Gasteiger partial charge in [0.25, 0.3) is 0 Å². The molecule has 0 aliphatic heterocycles. The molecule has 0 radical (unpaired) electrons. The smallest absolute Gasteiger partial charge is 0.146 e. The molecule has 2 aromatic rings. The van der Waals surface area contributed by atoms with Gasteiger partial charge in [0, 0.05) is 37.3 Å². The van der Waals surface area contributed by atoms with Crippen molar-refractivity contribution in [2.75, 3.05) is 12.4 Å². The molecule has 0 saturated heterocycles. The van der Waals surface area contributed by atoms with Crippen molar-refractivity contribution in [1.29, 1.82) is 0 Å². The molecule has 2 heterocycles. The lowest BCUT2D eigenvalue weighted by Gasteiger charge is -2.14. The Morgan fingerprint density at radius 2 is 2.15 bits per heavy atom. The van der Waals surface area contributed by atoms with Gasteiger partial charge < -0.3 is 5.32 Å². The van der Waals surface area contributed by atoms with Gasteiger partial charge >= 0.3 is 0 Å². The Kier molecular flexibility index (Phi) is 3.42. The summed E-state index contributed by atoms with van der Waals surface area (Å²) in [4.78, 5) is 13.9. The van der Waals surface area contributed by atoms with Crippen LogP contribution >= 0.6 is 0 Å². The van der Waals surface area contributed by atoms with Gasteiger partial charge in [-0.15, -0.1) is 0 Å². The van der Waals surface area contributed by atoms with Crippen LogP contribution in [0.5, 0.6) is 0 Å². The van der Waals surface area contributed by atoms with E-state index in [-0.39, 0.29) is 0 Å². The van der Waals surface area contributed by atoms with Gasteiger partial charge in [-0.2, -0.15) is 0 Å². The number of aryl methyl sites for hydroxylation is 1. The van der Waals surface area contributed by atoms with Crippen LogP contribution in [0, 0.1) is 6.92 Å². The van der Waals surface area contributed by atoms with E-state index in [1.54, 1.807) is 0 Å². The third-order valence-corrected chi connectivity index (χ3v) is 3.74. The Bertz CT molecular complexity index is 613. The zero-order valence-electron chi connectivity index (χ0n) is 12.3. The molecule has 0 bridgehead atoms. The molecule has 0 spiro atoms. The monoisotopic (exact) mass is 271 g/mol. The number of anilines is 1. The van der Waals surface area contributed by atoms with Crippen LogP contribution in [0.1, 0.15) is 49.3 Å². The quantitative estimate of drug-likeness (QED) is 0.908. The van der Waals surface area contributed by atoms with Crippen molar-refractivity contribution in [2.24, 2.45) is 0 Å². The number of hydrogen-bond acceptors (Lipinski definition) is 4. The Balaban J connectivity index is 2.11. The molecule has 1 aliphatic rings. The molecule has 1 N–H and O–H groups in total. The van der Waals surface area contributed by atoms with Crippen LogP contribution in [0.25, 0.3) is 5.82 Å². The Morgan fingerprint density at radius 3 is 2.80 bits per heavy atom. The number of imidazole rings is 1. The van der Waals surface area contributed by atoms with Crippen molar-refractivity contribution in [2.45, 2.75) is 45.4 Å². The van der Waals surface area contributed by atoms with Crippen molar-refractivity contribution in [1.82, 2.24) is 19.5 Å². The molecule has 3 rings (SSSR count). The van der Waals surface area contributed by atoms with Gasteiger partial charge in [0.05, 0.1) is 0 Å². The van der Waals surface area contributed by atoms with Crippen molar-refractivity contribution in [3.8, 4) is 5.82 Å². The molecule has 0 unspecified atom stereocenters. The van der Waals surface area contributed by atoms with Gasteiger partial charge in [0.15, 0.2) is 0 Å². The maximum absolute atomic E-state index is 4.80. The summed E-state index contributed by atoms with van der Waals surface area (Å²) < 4.78 is 2.10. The van der Waals surface area contributed by atoms with Crippen molar-refractivity contribution in [3.05, 3.63) is 29.6 Å². The van der Waals surface area contributed by atoms with Crippen LogP contribution in [0.4, 0.5) is 5.82 Å². The van der Waals surface area contributed by atoms with Crippen molar-refractivity contribution < 1.29 is 0 Å². The molecule has 0 atom stereocenters. The second kappa shape index (κ2) is 5.23. The number of nitrogens with zero attached hydrogens (tertiary/aromatic N) is 4. The molecular formula is C15H21N5. The summed E-state index contributed by atoms with van der Waals surface area (Å²) >= 11 is 0. The summed E-state index contributed by atoms with van der Waals surface area (Å²) in [7, 11) is 1.91.